The van der Waals surface area contributed by atoms with Crippen molar-refractivity contribution < 1.29 is 19.0 Å². The van der Waals surface area contributed by atoms with Crippen LogP contribution in [0, 0.1) is 0 Å². The molecule has 0 fully saturated rings. The van der Waals surface area contributed by atoms with Crippen molar-refractivity contribution in [2.75, 3.05) is 27.9 Å². The smallest absolute Gasteiger partial charge is 0.240 e. The molecule has 1 amide bonds. The van der Waals surface area contributed by atoms with E-state index in [2.05, 4.69) is 48.2 Å². The molecule has 0 bridgehead atoms. The fraction of sp³-hybridized carbons (Fsp3) is 0.367. The summed E-state index contributed by atoms with van der Waals surface area (Å²) in [5.74, 6) is 2.45. The molecule has 3 aromatic carbocycles. The second-order valence-corrected chi connectivity index (χ2v) is 9.57. The van der Waals surface area contributed by atoms with Gasteiger partial charge in [-0.1, -0.05) is 42.5 Å². The van der Waals surface area contributed by atoms with Crippen molar-refractivity contribution in [2.45, 2.75) is 44.9 Å². The summed E-state index contributed by atoms with van der Waals surface area (Å²) >= 11 is 0. The topological polar surface area (TPSA) is 51.2 Å². The highest BCUT2D eigenvalue weighted by Gasteiger charge is 2.38. The lowest BCUT2D eigenvalue weighted by molar-refractivity contribution is -0.140. The summed E-state index contributed by atoms with van der Waals surface area (Å²) in [6, 6.07) is 20.3. The number of methoxy groups -OCH3 is 3. The Morgan fingerprint density at radius 1 is 0.861 bits per heavy atom. The Morgan fingerprint density at radius 2 is 1.53 bits per heavy atom. The van der Waals surface area contributed by atoms with Crippen LogP contribution in [0.25, 0.3) is 0 Å². The molecule has 0 saturated heterocycles. The van der Waals surface area contributed by atoms with Crippen LogP contribution in [0.5, 0.6) is 17.2 Å². The molecular weight excluding hydrogens is 452 g/mol. The number of benzene rings is 3. The summed E-state index contributed by atoms with van der Waals surface area (Å²) in [7, 11) is 5.00. The van der Waals surface area contributed by atoms with Gasteiger partial charge in [0.1, 0.15) is 5.75 Å². The molecule has 6 heteroatoms. The van der Waals surface area contributed by atoms with Crippen LogP contribution in [-0.2, 0) is 30.7 Å². The molecular formula is C30H34N2O4. The normalized spacial score (nSPS) is 19.3. The fourth-order valence-corrected chi connectivity index (χ4v) is 5.68. The molecule has 0 spiro atoms. The minimum Gasteiger partial charge on any atom is -0.496 e. The van der Waals surface area contributed by atoms with Crippen LogP contribution in [0.3, 0.4) is 0 Å². The predicted molar refractivity (Wildman–Crippen MR) is 140 cm³/mol. The van der Waals surface area contributed by atoms with Crippen molar-refractivity contribution >= 4 is 5.91 Å². The van der Waals surface area contributed by atoms with Gasteiger partial charge in [0, 0.05) is 25.2 Å². The van der Waals surface area contributed by atoms with Gasteiger partial charge in [-0.05, 0) is 60.2 Å². The Labute approximate surface area is 213 Å². The maximum absolute atomic E-state index is 14.2. The minimum atomic E-state index is -0.242. The van der Waals surface area contributed by atoms with Crippen LogP contribution in [0.4, 0.5) is 0 Å². The summed E-state index contributed by atoms with van der Waals surface area (Å²) in [5.41, 5.74) is 5.96. The van der Waals surface area contributed by atoms with Crippen molar-refractivity contribution in [3.63, 3.8) is 0 Å². The van der Waals surface area contributed by atoms with Crippen LogP contribution >= 0.6 is 0 Å². The van der Waals surface area contributed by atoms with Gasteiger partial charge < -0.3 is 19.1 Å². The number of amides is 1. The Morgan fingerprint density at radius 3 is 2.28 bits per heavy atom. The van der Waals surface area contributed by atoms with Gasteiger partial charge in [-0.2, -0.15) is 0 Å². The van der Waals surface area contributed by atoms with E-state index in [1.165, 1.54) is 16.7 Å². The van der Waals surface area contributed by atoms with Gasteiger partial charge >= 0.3 is 0 Å². The molecule has 36 heavy (non-hydrogen) atoms. The molecule has 0 aliphatic carbocycles. The van der Waals surface area contributed by atoms with Gasteiger partial charge in [0.2, 0.25) is 5.91 Å². The average molecular weight is 487 g/mol. The van der Waals surface area contributed by atoms with Crippen molar-refractivity contribution in [1.82, 2.24) is 9.80 Å². The molecule has 0 radical (unpaired) electrons. The van der Waals surface area contributed by atoms with Crippen molar-refractivity contribution in [3.8, 4) is 17.2 Å². The van der Waals surface area contributed by atoms with Crippen LogP contribution in [0.15, 0.2) is 60.7 Å². The number of fused-ring (bicyclic) bond motifs is 2. The Hall–Kier alpha value is -3.51. The zero-order chi connectivity index (χ0) is 25.2. The number of nitrogens with zero attached hydrogens (tertiary/aromatic N) is 2. The molecule has 0 aromatic heterocycles. The second-order valence-electron chi connectivity index (χ2n) is 9.57. The SMILES string of the molecule is COc1ccccc1CN1Cc2ccccc2CC1C(=O)N1CCc2cc(OC)c(OC)cc2C1C. The fourth-order valence-electron chi connectivity index (χ4n) is 5.68. The molecule has 2 aliphatic rings. The standard InChI is InChI=1S/C30H34N2O4/c1-20-25-17-29(36-4)28(35-3)16-22(25)13-14-32(20)30(33)26-15-21-9-5-6-10-23(21)18-31(26)19-24-11-7-8-12-27(24)34-2/h5-12,16-17,20,26H,13-15,18-19H2,1-4H3. The number of hydrogen-bond acceptors (Lipinski definition) is 5. The summed E-state index contributed by atoms with van der Waals surface area (Å²) in [6.07, 6.45) is 1.49. The lowest BCUT2D eigenvalue weighted by atomic mass is 9.89. The van der Waals surface area contributed by atoms with E-state index >= 15 is 0 Å². The van der Waals surface area contributed by atoms with E-state index in [4.69, 9.17) is 14.2 Å². The average Bonchev–Trinajstić information content (AvgIpc) is 2.92. The lowest BCUT2D eigenvalue weighted by Gasteiger charge is -2.42. The zero-order valence-electron chi connectivity index (χ0n) is 21.5. The molecule has 2 atom stereocenters. The van der Waals surface area contributed by atoms with Gasteiger partial charge in [0.25, 0.3) is 0 Å². The number of ether oxygens (including phenoxy) is 3. The number of para-hydroxylation sites is 1. The van der Waals surface area contributed by atoms with E-state index in [0.29, 0.717) is 25.3 Å². The van der Waals surface area contributed by atoms with Gasteiger partial charge in [-0.15, -0.1) is 0 Å². The Balaban J connectivity index is 1.46. The van der Waals surface area contributed by atoms with Crippen molar-refractivity contribution in [1.29, 1.82) is 0 Å². The van der Waals surface area contributed by atoms with E-state index in [1.807, 2.05) is 29.2 Å². The first-order valence-corrected chi connectivity index (χ1v) is 12.5. The third-order valence-electron chi connectivity index (χ3n) is 7.66. The van der Waals surface area contributed by atoms with Crippen LogP contribution in [0.1, 0.15) is 40.8 Å². The third-order valence-corrected chi connectivity index (χ3v) is 7.66. The van der Waals surface area contributed by atoms with E-state index in [9.17, 15) is 4.79 Å². The predicted octanol–water partition coefficient (Wildman–Crippen LogP) is 4.79. The molecule has 2 heterocycles. The zero-order valence-corrected chi connectivity index (χ0v) is 21.5. The van der Waals surface area contributed by atoms with E-state index < -0.39 is 0 Å². The van der Waals surface area contributed by atoms with E-state index in [-0.39, 0.29) is 18.0 Å². The van der Waals surface area contributed by atoms with Crippen molar-refractivity contribution in [3.05, 3.63) is 88.5 Å². The first-order valence-electron chi connectivity index (χ1n) is 12.5. The monoisotopic (exact) mass is 486 g/mol. The molecule has 0 N–H and O–H groups in total. The number of carbonyl (C=O) groups excluding carboxylic acids is 1. The van der Waals surface area contributed by atoms with Crippen LogP contribution in [0.2, 0.25) is 0 Å². The summed E-state index contributed by atoms with van der Waals surface area (Å²) in [5, 5.41) is 0. The van der Waals surface area contributed by atoms with Crippen LogP contribution < -0.4 is 14.2 Å². The number of carbonyl (C=O) groups is 1. The quantitative estimate of drug-likeness (QED) is 0.502. The third kappa shape index (κ3) is 4.42. The Bertz CT molecular complexity index is 1260. The van der Waals surface area contributed by atoms with Crippen molar-refractivity contribution in [2.24, 2.45) is 0 Å². The largest absolute Gasteiger partial charge is 0.496 e. The summed E-state index contributed by atoms with van der Waals surface area (Å²) in [6.45, 7) is 4.18. The molecule has 3 aromatic rings. The molecule has 0 saturated carbocycles. The molecule has 2 aliphatic heterocycles. The second kappa shape index (κ2) is 10.2. The van der Waals surface area contributed by atoms with Gasteiger partial charge in [-0.25, -0.2) is 0 Å². The van der Waals surface area contributed by atoms with Gasteiger partial charge in [0.05, 0.1) is 33.4 Å². The molecule has 188 valence electrons. The van der Waals surface area contributed by atoms with E-state index in [0.717, 1.165) is 35.6 Å². The van der Waals surface area contributed by atoms with E-state index in [1.54, 1.807) is 21.3 Å². The molecule has 5 rings (SSSR count). The highest BCUT2D eigenvalue weighted by molar-refractivity contribution is 5.83. The first kappa shape index (κ1) is 24.2. The van der Waals surface area contributed by atoms with Gasteiger partial charge in [0.15, 0.2) is 11.5 Å². The maximum atomic E-state index is 14.2. The van der Waals surface area contributed by atoms with Gasteiger partial charge in [-0.3, -0.25) is 9.69 Å². The maximum Gasteiger partial charge on any atom is 0.240 e. The number of rotatable bonds is 6. The Kier molecular flexibility index (Phi) is 6.88. The number of hydrogen-bond donors (Lipinski definition) is 0. The molecule has 6 nitrogen and oxygen atoms in total. The molecule has 2 unspecified atom stereocenters. The highest BCUT2D eigenvalue weighted by Crippen LogP contribution is 2.39. The summed E-state index contributed by atoms with van der Waals surface area (Å²) in [4.78, 5) is 18.6. The minimum absolute atomic E-state index is 0.0497. The first-order chi connectivity index (χ1) is 17.5. The summed E-state index contributed by atoms with van der Waals surface area (Å²) < 4.78 is 16.7. The highest BCUT2D eigenvalue weighted by atomic mass is 16.5. The van der Waals surface area contributed by atoms with Crippen LogP contribution in [-0.4, -0.2) is 49.6 Å². The lowest BCUT2D eigenvalue weighted by Crippen LogP contribution is -2.53.